The molecule has 0 bridgehead atoms. The summed E-state index contributed by atoms with van der Waals surface area (Å²) in [6.07, 6.45) is 2.62. The highest BCUT2D eigenvalue weighted by Crippen LogP contribution is 2.17. The van der Waals surface area contributed by atoms with Gasteiger partial charge in [0.05, 0.1) is 0 Å². The lowest BCUT2D eigenvalue weighted by Crippen LogP contribution is -2.34. The van der Waals surface area contributed by atoms with Crippen LogP contribution in [0.5, 0.6) is 0 Å². The summed E-state index contributed by atoms with van der Waals surface area (Å²) in [6.45, 7) is 4.46. The van der Waals surface area contributed by atoms with Crippen LogP contribution in [-0.2, 0) is 6.54 Å². The summed E-state index contributed by atoms with van der Waals surface area (Å²) in [7, 11) is 2.20. The van der Waals surface area contributed by atoms with Crippen LogP contribution in [0, 0.1) is 5.92 Å². The number of nitrogens with one attached hydrogen (secondary N) is 1. The SMILES string of the molecule is CN1CCC(CNCc2ccccc2Cl)CC1. The van der Waals surface area contributed by atoms with Gasteiger partial charge in [0.1, 0.15) is 0 Å². The van der Waals surface area contributed by atoms with E-state index in [4.69, 9.17) is 11.6 Å². The largest absolute Gasteiger partial charge is 0.312 e. The number of benzene rings is 1. The number of hydrogen-bond acceptors (Lipinski definition) is 2. The van der Waals surface area contributed by atoms with Crippen LogP contribution in [-0.4, -0.2) is 31.6 Å². The van der Waals surface area contributed by atoms with E-state index in [0.29, 0.717) is 0 Å². The Kier molecular flexibility index (Phi) is 4.84. The number of piperidine rings is 1. The van der Waals surface area contributed by atoms with E-state index in [1.165, 1.54) is 31.5 Å². The summed E-state index contributed by atoms with van der Waals surface area (Å²) in [6, 6.07) is 8.05. The molecule has 0 aromatic heterocycles. The standard InChI is InChI=1S/C14H21ClN2/c1-17-8-6-12(7-9-17)10-16-11-13-4-2-3-5-14(13)15/h2-5,12,16H,6-11H2,1H3. The minimum absolute atomic E-state index is 0.827. The van der Waals surface area contributed by atoms with Gasteiger partial charge in [0, 0.05) is 11.6 Å². The first kappa shape index (κ1) is 12.9. The minimum atomic E-state index is 0.827. The molecule has 1 aromatic carbocycles. The number of halogens is 1. The Labute approximate surface area is 109 Å². The molecule has 0 radical (unpaired) electrons. The smallest absolute Gasteiger partial charge is 0.0450 e. The van der Waals surface area contributed by atoms with Crippen molar-refractivity contribution in [1.82, 2.24) is 10.2 Å². The van der Waals surface area contributed by atoms with Crippen molar-refractivity contribution < 1.29 is 0 Å². The lowest BCUT2D eigenvalue weighted by Gasteiger charge is -2.29. The van der Waals surface area contributed by atoms with Crippen molar-refractivity contribution in [3.8, 4) is 0 Å². The summed E-state index contributed by atoms with van der Waals surface area (Å²) in [5, 5.41) is 4.39. The van der Waals surface area contributed by atoms with Gasteiger partial charge in [-0.05, 0) is 57.1 Å². The highest BCUT2D eigenvalue weighted by atomic mass is 35.5. The number of hydrogen-bond donors (Lipinski definition) is 1. The zero-order valence-corrected chi connectivity index (χ0v) is 11.2. The van der Waals surface area contributed by atoms with E-state index in [2.05, 4.69) is 23.3 Å². The molecule has 94 valence electrons. The first-order valence-corrected chi connectivity index (χ1v) is 6.76. The Morgan fingerprint density at radius 3 is 2.71 bits per heavy atom. The molecular weight excluding hydrogens is 232 g/mol. The maximum absolute atomic E-state index is 6.12. The van der Waals surface area contributed by atoms with E-state index in [0.717, 1.165) is 24.0 Å². The Hall–Kier alpha value is -0.570. The van der Waals surface area contributed by atoms with E-state index < -0.39 is 0 Å². The molecule has 0 spiro atoms. The third-order valence-corrected chi connectivity index (χ3v) is 3.91. The van der Waals surface area contributed by atoms with Gasteiger partial charge in [0.25, 0.3) is 0 Å². The molecule has 0 aliphatic carbocycles. The zero-order chi connectivity index (χ0) is 12.1. The summed E-state index contributed by atoms with van der Waals surface area (Å²) in [4.78, 5) is 2.41. The molecule has 1 N–H and O–H groups in total. The van der Waals surface area contributed by atoms with Gasteiger partial charge < -0.3 is 10.2 Å². The summed E-state index contributed by atoms with van der Waals surface area (Å²) in [5.74, 6) is 0.827. The van der Waals surface area contributed by atoms with Gasteiger partial charge in [0.2, 0.25) is 0 Å². The van der Waals surface area contributed by atoms with E-state index in [9.17, 15) is 0 Å². The predicted octanol–water partition coefficient (Wildman–Crippen LogP) is 2.77. The number of rotatable bonds is 4. The minimum Gasteiger partial charge on any atom is -0.312 e. The van der Waals surface area contributed by atoms with Gasteiger partial charge in [0.15, 0.2) is 0 Å². The third kappa shape index (κ3) is 3.98. The topological polar surface area (TPSA) is 15.3 Å². The van der Waals surface area contributed by atoms with E-state index in [1.54, 1.807) is 0 Å². The van der Waals surface area contributed by atoms with Crippen LogP contribution < -0.4 is 5.32 Å². The molecule has 0 saturated carbocycles. The molecule has 1 aliphatic heterocycles. The summed E-state index contributed by atoms with van der Waals surface area (Å²) in [5.41, 5.74) is 1.20. The van der Waals surface area contributed by atoms with E-state index in [-0.39, 0.29) is 0 Å². The van der Waals surface area contributed by atoms with Crippen LogP contribution >= 0.6 is 11.6 Å². The average Bonchev–Trinajstić information content (AvgIpc) is 2.34. The molecule has 1 aliphatic rings. The second-order valence-electron chi connectivity index (χ2n) is 4.97. The van der Waals surface area contributed by atoms with E-state index >= 15 is 0 Å². The second kappa shape index (κ2) is 6.39. The predicted molar refractivity (Wildman–Crippen MR) is 73.4 cm³/mol. The van der Waals surface area contributed by atoms with Crippen LogP contribution in [0.15, 0.2) is 24.3 Å². The molecule has 1 saturated heterocycles. The normalized spacial score (nSPS) is 18.5. The van der Waals surface area contributed by atoms with Gasteiger partial charge in [-0.2, -0.15) is 0 Å². The van der Waals surface area contributed by atoms with Gasteiger partial charge in [-0.1, -0.05) is 29.8 Å². The van der Waals surface area contributed by atoms with Crippen LogP contribution in [0.3, 0.4) is 0 Å². The Bertz CT molecular complexity index is 346. The maximum atomic E-state index is 6.12. The second-order valence-corrected chi connectivity index (χ2v) is 5.38. The highest BCUT2D eigenvalue weighted by Gasteiger charge is 2.15. The fraction of sp³-hybridized carbons (Fsp3) is 0.571. The Morgan fingerprint density at radius 1 is 1.29 bits per heavy atom. The molecule has 1 fully saturated rings. The quantitative estimate of drug-likeness (QED) is 0.887. The molecule has 2 rings (SSSR count). The lowest BCUT2D eigenvalue weighted by molar-refractivity contribution is 0.216. The molecule has 0 unspecified atom stereocenters. The highest BCUT2D eigenvalue weighted by molar-refractivity contribution is 6.31. The lowest BCUT2D eigenvalue weighted by atomic mass is 9.97. The van der Waals surface area contributed by atoms with Crippen molar-refractivity contribution >= 4 is 11.6 Å². The number of likely N-dealkylation sites (tertiary alicyclic amines) is 1. The Balaban J connectivity index is 1.71. The van der Waals surface area contributed by atoms with Crippen LogP contribution in [0.4, 0.5) is 0 Å². The molecule has 0 atom stereocenters. The molecular formula is C14H21ClN2. The molecule has 2 nitrogen and oxygen atoms in total. The monoisotopic (exact) mass is 252 g/mol. The van der Waals surface area contributed by atoms with Gasteiger partial charge in [-0.15, -0.1) is 0 Å². The van der Waals surface area contributed by atoms with Gasteiger partial charge in [-0.25, -0.2) is 0 Å². The fourth-order valence-corrected chi connectivity index (χ4v) is 2.52. The van der Waals surface area contributed by atoms with Crippen LogP contribution in [0.25, 0.3) is 0 Å². The van der Waals surface area contributed by atoms with Crippen LogP contribution in [0.1, 0.15) is 18.4 Å². The van der Waals surface area contributed by atoms with Crippen molar-refractivity contribution in [2.45, 2.75) is 19.4 Å². The Morgan fingerprint density at radius 2 is 2.00 bits per heavy atom. The van der Waals surface area contributed by atoms with Gasteiger partial charge >= 0.3 is 0 Å². The fourth-order valence-electron chi connectivity index (χ4n) is 2.32. The average molecular weight is 253 g/mol. The molecule has 17 heavy (non-hydrogen) atoms. The third-order valence-electron chi connectivity index (χ3n) is 3.54. The van der Waals surface area contributed by atoms with Crippen molar-refractivity contribution in [3.05, 3.63) is 34.9 Å². The number of nitrogens with zero attached hydrogens (tertiary/aromatic N) is 1. The first-order chi connectivity index (χ1) is 8.25. The summed E-state index contributed by atoms with van der Waals surface area (Å²) >= 11 is 6.12. The van der Waals surface area contributed by atoms with E-state index in [1.807, 2.05) is 18.2 Å². The molecule has 1 heterocycles. The summed E-state index contributed by atoms with van der Waals surface area (Å²) < 4.78 is 0. The van der Waals surface area contributed by atoms with Gasteiger partial charge in [-0.3, -0.25) is 0 Å². The zero-order valence-electron chi connectivity index (χ0n) is 10.5. The molecule has 0 amide bonds. The molecule has 1 aromatic rings. The van der Waals surface area contributed by atoms with Crippen LogP contribution in [0.2, 0.25) is 5.02 Å². The van der Waals surface area contributed by atoms with Crippen molar-refractivity contribution in [2.24, 2.45) is 5.92 Å². The first-order valence-electron chi connectivity index (χ1n) is 6.38. The molecule has 3 heteroatoms. The van der Waals surface area contributed by atoms with Crippen molar-refractivity contribution in [1.29, 1.82) is 0 Å². The van der Waals surface area contributed by atoms with Crippen molar-refractivity contribution in [3.63, 3.8) is 0 Å². The maximum Gasteiger partial charge on any atom is 0.0450 e. The van der Waals surface area contributed by atoms with Crippen molar-refractivity contribution in [2.75, 3.05) is 26.7 Å².